The van der Waals surface area contributed by atoms with Crippen molar-refractivity contribution in [3.63, 3.8) is 0 Å². The SMILES string of the molecule is CN1CCC(C(=N)OC(=N)c2ccc(P)cc2)CC1. The minimum Gasteiger partial charge on any atom is -0.425 e. The molecule has 1 aliphatic rings. The summed E-state index contributed by atoms with van der Waals surface area (Å²) in [6.45, 7) is 1.98. The average molecular weight is 277 g/mol. The molecule has 1 atom stereocenters. The summed E-state index contributed by atoms with van der Waals surface area (Å²) in [6.07, 6.45) is 1.88. The van der Waals surface area contributed by atoms with E-state index in [1.54, 1.807) is 0 Å². The molecule has 0 aliphatic carbocycles. The minimum absolute atomic E-state index is 0.0638. The standard InChI is InChI=1S/C14H20N3OP/c1-17-8-6-11(7-9-17)14(16)18-13(15)10-2-4-12(19)5-3-10/h2-5,11,15-16H,6-9,19H2,1H3. The normalized spacial score (nSPS) is 17.2. The van der Waals surface area contributed by atoms with Crippen LogP contribution in [0, 0.1) is 16.7 Å². The van der Waals surface area contributed by atoms with E-state index in [1.807, 2.05) is 24.3 Å². The number of hydrogen-bond donors (Lipinski definition) is 2. The van der Waals surface area contributed by atoms with Gasteiger partial charge in [0, 0.05) is 11.5 Å². The highest BCUT2D eigenvalue weighted by Gasteiger charge is 2.23. The van der Waals surface area contributed by atoms with Crippen molar-refractivity contribution < 1.29 is 4.74 Å². The monoisotopic (exact) mass is 277 g/mol. The van der Waals surface area contributed by atoms with Crippen molar-refractivity contribution in [1.82, 2.24) is 4.90 Å². The Hall–Kier alpha value is -1.25. The smallest absolute Gasteiger partial charge is 0.220 e. The first kappa shape index (κ1) is 14.2. The molecule has 1 aromatic rings. The Morgan fingerprint density at radius 2 is 1.79 bits per heavy atom. The van der Waals surface area contributed by atoms with Crippen molar-refractivity contribution in [2.75, 3.05) is 20.1 Å². The van der Waals surface area contributed by atoms with Gasteiger partial charge in [-0.15, -0.1) is 9.24 Å². The quantitative estimate of drug-likeness (QED) is 0.492. The predicted octanol–water partition coefficient (Wildman–Crippen LogP) is 1.85. The van der Waals surface area contributed by atoms with E-state index in [2.05, 4.69) is 21.2 Å². The first-order valence-corrected chi connectivity index (χ1v) is 7.03. The number of piperidine rings is 1. The summed E-state index contributed by atoms with van der Waals surface area (Å²) in [7, 11) is 4.70. The third-order valence-electron chi connectivity index (χ3n) is 3.47. The van der Waals surface area contributed by atoms with E-state index in [9.17, 15) is 0 Å². The Balaban J connectivity index is 1.91. The number of rotatable bonds is 2. The maximum atomic E-state index is 7.99. The molecular formula is C14H20N3OP. The lowest BCUT2D eigenvalue weighted by Crippen LogP contribution is -2.34. The van der Waals surface area contributed by atoms with Crippen LogP contribution in [0.2, 0.25) is 0 Å². The lowest BCUT2D eigenvalue weighted by atomic mass is 9.97. The van der Waals surface area contributed by atoms with Crippen molar-refractivity contribution >= 4 is 26.3 Å². The summed E-state index contributed by atoms with van der Waals surface area (Å²) < 4.78 is 5.39. The molecule has 1 aromatic carbocycles. The van der Waals surface area contributed by atoms with E-state index in [4.69, 9.17) is 15.6 Å². The lowest BCUT2D eigenvalue weighted by Gasteiger charge is -2.28. The number of nitrogens with zero attached hydrogens (tertiary/aromatic N) is 1. The summed E-state index contributed by atoms with van der Waals surface area (Å²) in [5.41, 5.74) is 0.712. The predicted molar refractivity (Wildman–Crippen MR) is 81.6 cm³/mol. The van der Waals surface area contributed by atoms with Crippen molar-refractivity contribution in [3.8, 4) is 0 Å². The molecular weight excluding hydrogens is 257 g/mol. The van der Waals surface area contributed by atoms with Crippen molar-refractivity contribution in [1.29, 1.82) is 10.8 Å². The number of hydrogen-bond acceptors (Lipinski definition) is 4. The van der Waals surface area contributed by atoms with Gasteiger partial charge in [0.05, 0.1) is 0 Å². The van der Waals surface area contributed by atoms with Crippen LogP contribution in [0.1, 0.15) is 18.4 Å². The molecule has 0 aromatic heterocycles. The summed E-state index contributed by atoms with van der Waals surface area (Å²) in [4.78, 5) is 2.26. The van der Waals surface area contributed by atoms with E-state index < -0.39 is 0 Å². The van der Waals surface area contributed by atoms with Gasteiger partial charge in [-0.1, -0.05) is 12.1 Å². The van der Waals surface area contributed by atoms with Gasteiger partial charge in [-0.05, 0) is 50.4 Å². The van der Waals surface area contributed by atoms with E-state index in [0.717, 1.165) is 31.2 Å². The van der Waals surface area contributed by atoms with Crippen LogP contribution in [0.5, 0.6) is 0 Å². The fraction of sp³-hybridized carbons (Fsp3) is 0.429. The number of benzene rings is 1. The molecule has 2 N–H and O–H groups in total. The van der Waals surface area contributed by atoms with Crippen LogP contribution in [-0.4, -0.2) is 36.8 Å². The molecule has 1 aliphatic heterocycles. The second-order valence-corrected chi connectivity index (χ2v) is 5.66. The van der Waals surface area contributed by atoms with Crippen LogP contribution < -0.4 is 5.30 Å². The molecule has 0 spiro atoms. The van der Waals surface area contributed by atoms with Crippen LogP contribution in [0.4, 0.5) is 0 Å². The molecule has 1 fully saturated rings. The van der Waals surface area contributed by atoms with Crippen molar-refractivity contribution in [2.45, 2.75) is 12.8 Å². The van der Waals surface area contributed by atoms with Gasteiger partial charge in [-0.25, -0.2) is 0 Å². The minimum atomic E-state index is 0.0638. The van der Waals surface area contributed by atoms with Gasteiger partial charge >= 0.3 is 0 Å². The second-order valence-electron chi connectivity index (χ2n) is 4.99. The molecule has 4 nitrogen and oxygen atoms in total. The molecule has 19 heavy (non-hydrogen) atoms. The van der Waals surface area contributed by atoms with E-state index >= 15 is 0 Å². The highest BCUT2D eigenvalue weighted by molar-refractivity contribution is 7.27. The van der Waals surface area contributed by atoms with Crippen LogP contribution in [-0.2, 0) is 4.74 Å². The molecule has 102 valence electrons. The summed E-state index contributed by atoms with van der Waals surface area (Å²) in [6, 6.07) is 7.51. The van der Waals surface area contributed by atoms with E-state index in [0.29, 0.717) is 5.56 Å². The first-order chi connectivity index (χ1) is 9.06. The van der Waals surface area contributed by atoms with Crippen molar-refractivity contribution in [2.24, 2.45) is 5.92 Å². The van der Waals surface area contributed by atoms with Gasteiger partial charge in [-0.2, -0.15) is 0 Å². The molecule has 0 bridgehead atoms. The van der Waals surface area contributed by atoms with Gasteiger partial charge in [0.15, 0.2) is 5.90 Å². The first-order valence-electron chi connectivity index (χ1n) is 6.45. The lowest BCUT2D eigenvalue weighted by molar-refractivity contribution is 0.240. The highest BCUT2D eigenvalue weighted by Crippen LogP contribution is 2.18. The third kappa shape index (κ3) is 3.85. The fourth-order valence-corrected chi connectivity index (χ4v) is 2.35. The van der Waals surface area contributed by atoms with Crippen LogP contribution in [0.3, 0.4) is 0 Å². The van der Waals surface area contributed by atoms with Gasteiger partial charge in [0.2, 0.25) is 5.90 Å². The molecule has 0 amide bonds. The van der Waals surface area contributed by atoms with Crippen LogP contribution in [0.25, 0.3) is 0 Å². The molecule has 2 rings (SSSR count). The largest absolute Gasteiger partial charge is 0.425 e. The molecule has 1 heterocycles. The maximum absolute atomic E-state index is 7.99. The fourth-order valence-electron chi connectivity index (χ4n) is 2.16. The number of nitrogens with one attached hydrogen (secondary N) is 2. The van der Waals surface area contributed by atoms with Crippen LogP contribution >= 0.6 is 9.24 Å². The van der Waals surface area contributed by atoms with Crippen molar-refractivity contribution in [3.05, 3.63) is 29.8 Å². The Labute approximate surface area is 116 Å². The molecule has 5 heteroatoms. The zero-order chi connectivity index (χ0) is 13.8. The second kappa shape index (κ2) is 6.27. The zero-order valence-corrected chi connectivity index (χ0v) is 12.3. The van der Waals surface area contributed by atoms with E-state index in [-0.39, 0.29) is 17.7 Å². The Morgan fingerprint density at radius 1 is 1.21 bits per heavy atom. The molecule has 1 saturated heterocycles. The zero-order valence-electron chi connectivity index (χ0n) is 11.1. The van der Waals surface area contributed by atoms with Gasteiger partial charge < -0.3 is 9.64 Å². The topological polar surface area (TPSA) is 60.2 Å². The third-order valence-corrected chi connectivity index (χ3v) is 3.86. The van der Waals surface area contributed by atoms with Crippen LogP contribution in [0.15, 0.2) is 24.3 Å². The summed E-state index contributed by atoms with van der Waals surface area (Å²) >= 11 is 0. The van der Waals surface area contributed by atoms with Gasteiger partial charge in [0.25, 0.3) is 0 Å². The Bertz CT molecular complexity index is 464. The summed E-state index contributed by atoms with van der Waals surface area (Å²) in [5, 5.41) is 17.0. The molecule has 0 saturated carbocycles. The number of ether oxygens (including phenoxy) is 1. The maximum Gasteiger partial charge on any atom is 0.220 e. The molecule has 1 unspecified atom stereocenters. The Kier molecular flexibility index (Phi) is 4.67. The summed E-state index contributed by atoms with van der Waals surface area (Å²) in [5.74, 6) is 0.444. The highest BCUT2D eigenvalue weighted by atomic mass is 31.0. The van der Waals surface area contributed by atoms with Gasteiger partial charge in [-0.3, -0.25) is 10.8 Å². The Morgan fingerprint density at radius 3 is 2.37 bits per heavy atom. The van der Waals surface area contributed by atoms with E-state index in [1.165, 1.54) is 0 Å². The average Bonchev–Trinajstić information content (AvgIpc) is 2.40. The molecule has 0 radical (unpaired) electrons. The number of likely N-dealkylation sites (tertiary alicyclic amines) is 1. The van der Waals surface area contributed by atoms with Gasteiger partial charge in [0.1, 0.15) is 0 Å².